The van der Waals surface area contributed by atoms with Gasteiger partial charge in [0, 0.05) is 13.1 Å². The molecule has 0 bridgehead atoms. The Morgan fingerprint density at radius 3 is 2.62 bits per heavy atom. The minimum absolute atomic E-state index is 0.0683. The monoisotopic (exact) mass is 226 g/mol. The van der Waals surface area contributed by atoms with Crippen molar-refractivity contribution in [3.8, 4) is 0 Å². The fourth-order valence-electron chi connectivity index (χ4n) is 2.21. The van der Waals surface area contributed by atoms with Gasteiger partial charge in [-0.2, -0.15) is 0 Å². The van der Waals surface area contributed by atoms with Crippen LogP contribution in [0.3, 0.4) is 0 Å². The van der Waals surface area contributed by atoms with Gasteiger partial charge in [0.15, 0.2) is 0 Å². The maximum Gasteiger partial charge on any atom is 0.410 e. The molecule has 2 aliphatic rings. The van der Waals surface area contributed by atoms with Gasteiger partial charge >= 0.3 is 6.09 Å². The van der Waals surface area contributed by atoms with E-state index in [4.69, 9.17) is 4.74 Å². The van der Waals surface area contributed by atoms with E-state index in [1.807, 2.05) is 25.7 Å². The van der Waals surface area contributed by atoms with Crippen LogP contribution in [-0.4, -0.2) is 41.8 Å². The van der Waals surface area contributed by atoms with E-state index in [1.54, 1.807) is 0 Å². The second-order valence-electron chi connectivity index (χ2n) is 5.89. The van der Waals surface area contributed by atoms with Crippen molar-refractivity contribution in [3.05, 3.63) is 0 Å². The Bertz CT molecular complexity index is 279. The van der Waals surface area contributed by atoms with Crippen LogP contribution in [0.4, 0.5) is 4.79 Å². The Kier molecular flexibility index (Phi) is 2.86. The van der Waals surface area contributed by atoms with E-state index in [0.717, 1.165) is 38.9 Å². The van der Waals surface area contributed by atoms with Crippen LogP contribution in [-0.2, 0) is 4.74 Å². The molecule has 4 nitrogen and oxygen atoms in total. The summed E-state index contributed by atoms with van der Waals surface area (Å²) in [6.07, 6.45) is 3.09. The van der Waals surface area contributed by atoms with E-state index in [0.29, 0.717) is 0 Å². The maximum absolute atomic E-state index is 12.1. The highest BCUT2D eigenvalue weighted by atomic mass is 16.6. The highest BCUT2D eigenvalue weighted by molar-refractivity contribution is 5.70. The number of rotatable bonds is 0. The molecule has 1 aliphatic carbocycles. The molecule has 1 saturated heterocycles. The summed E-state index contributed by atoms with van der Waals surface area (Å²) in [5, 5.41) is 3.40. The van der Waals surface area contributed by atoms with Gasteiger partial charge < -0.3 is 15.0 Å². The Labute approximate surface area is 97.3 Å². The lowest BCUT2D eigenvalue weighted by atomic mass is 10.2. The van der Waals surface area contributed by atoms with Crippen LogP contribution in [0.5, 0.6) is 0 Å². The number of ether oxygens (including phenoxy) is 1. The molecule has 0 aromatic heterocycles. The fourth-order valence-corrected chi connectivity index (χ4v) is 2.21. The van der Waals surface area contributed by atoms with Gasteiger partial charge in [-0.25, -0.2) is 4.79 Å². The molecule has 0 radical (unpaired) electrons. The van der Waals surface area contributed by atoms with Crippen molar-refractivity contribution in [1.82, 2.24) is 10.2 Å². The summed E-state index contributed by atoms with van der Waals surface area (Å²) in [6, 6.07) is 0. The van der Waals surface area contributed by atoms with Crippen LogP contribution in [0.1, 0.15) is 40.0 Å². The minimum atomic E-state index is -0.396. The van der Waals surface area contributed by atoms with Gasteiger partial charge in [0.05, 0.1) is 5.54 Å². The Morgan fingerprint density at radius 2 is 2.06 bits per heavy atom. The molecule has 1 amide bonds. The summed E-state index contributed by atoms with van der Waals surface area (Å²) >= 11 is 0. The molecule has 92 valence electrons. The maximum atomic E-state index is 12.1. The molecule has 1 heterocycles. The first-order valence-corrected chi connectivity index (χ1v) is 6.14. The zero-order valence-electron chi connectivity index (χ0n) is 10.5. The third kappa shape index (κ3) is 2.48. The van der Waals surface area contributed by atoms with Crippen molar-refractivity contribution >= 4 is 6.09 Å². The molecule has 0 unspecified atom stereocenters. The number of carbonyl (C=O) groups excluding carboxylic acids is 1. The normalized spacial score (nSPS) is 24.1. The molecule has 16 heavy (non-hydrogen) atoms. The molecule has 0 aromatic carbocycles. The molecule has 1 aliphatic heterocycles. The van der Waals surface area contributed by atoms with Crippen molar-refractivity contribution in [2.45, 2.75) is 51.2 Å². The summed E-state index contributed by atoms with van der Waals surface area (Å²) < 4.78 is 5.47. The van der Waals surface area contributed by atoms with Crippen molar-refractivity contribution < 1.29 is 9.53 Å². The lowest BCUT2D eigenvalue weighted by Crippen LogP contribution is -2.47. The van der Waals surface area contributed by atoms with Crippen LogP contribution in [0, 0.1) is 0 Å². The highest BCUT2D eigenvalue weighted by Crippen LogP contribution is 2.42. The average molecular weight is 226 g/mol. The van der Waals surface area contributed by atoms with E-state index in [9.17, 15) is 4.79 Å². The largest absolute Gasteiger partial charge is 0.444 e. The van der Waals surface area contributed by atoms with E-state index < -0.39 is 5.60 Å². The topological polar surface area (TPSA) is 41.6 Å². The van der Waals surface area contributed by atoms with Crippen LogP contribution in [0.15, 0.2) is 0 Å². The number of carbonyl (C=O) groups is 1. The van der Waals surface area contributed by atoms with E-state index in [1.165, 1.54) is 0 Å². The predicted octanol–water partition coefficient (Wildman–Crippen LogP) is 1.75. The van der Waals surface area contributed by atoms with Crippen LogP contribution < -0.4 is 5.32 Å². The Balaban J connectivity index is 2.03. The smallest absolute Gasteiger partial charge is 0.410 e. The lowest BCUT2D eigenvalue weighted by Gasteiger charge is -2.32. The van der Waals surface area contributed by atoms with Crippen LogP contribution in [0.25, 0.3) is 0 Å². The number of nitrogens with one attached hydrogen (secondary N) is 1. The summed E-state index contributed by atoms with van der Waals surface area (Å²) in [5.41, 5.74) is -0.328. The molecular formula is C12H22N2O2. The Morgan fingerprint density at radius 1 is 1.38 bits per heavy atom. The third-order valence-corrected chi connectivity index (χ3v) is 3.20. The standard InChI is InChI=1S/C12H22N2O2/c1-11(2,3)16-10(15)14-8-4-7-13-9-12(14)5-6-12/h13H,4-9H2,1-3H3. The molecule has 2 rings (SSSR count). The summed E-state index contributed by atoms with van der Waals surface area (Å²) in [5.74, 6) is 0. The SMILES string of the molecule is CC(C)(C)OC(=O)N1CCCNCC12CC2. The van der Waals surface area contributed by atoms with Crippen molar-refractivity contribution in [1.29, 1.82) is 0 Å². The quantitative estimate of drug-likeness (QED) is 0.684. The van der Waals surface area contributed by atoms with Gasteiger partial charge in [0.2, 0.25) is 0 Å². The zero-order chi connectivity index (χ0) is 11.8. The molecule has 0 atom stereocenters. The summed E-state index contributed by atoms with van der Waals surface area (Å²) in [4.78, 5) is 14.0. The molecule has 1 spiro atoms. The second-order valence-corrected chi connectivity index (χ2v) is 5.89. The first-order chi connectivity index (χ1) is 7.43. The number of amides is 1. The minimum Gasteiger partial charge on any atom is -0.444 e. The molecule has 1 saturated carbocycles. The average Bonchev–Trinajstić information content (AvgIpc) is 2.91. The molecule has 2 fully saturated rings. The molecular weight excluding hydrogens is 204 g/mol. The molecule has 1 N–H and O–H groups in total. The van der Waals surface area contributed by atoms with Gasteiger partial charge in [-0.1, -0.05) is 0 Å². The second kappa shape index (κ2) is 3.91. The predicted molar refractivity (Wildman–Crippen MR) is 62.4 cm³/mol. The molecule has 4 heteroatoms. The van der Waals surface area contributed by atoms with Gasteiger partial charge in [-0.15, -0.1) is 0 Å². The Hall–Kier alpha value is -0.770. The first-order valence-electron chi connectivity index (χ1n) is 6.14. The van der Waals surface area contributed by atoms with E-state index in [2.05, 4.69) is 5.32 Å². The number of hydrogen-bond acceptors (Lipinski definition) is 3. The van der Waals surface area contributed by atoms with Crippen LogP contribution in [0.2, 0.25) is 0 Å². The van der Waals surface area contributed by atoms with Crippen molar-refractivity contribution in [2.24, 2.45) is 0 Å². The van der Waals surface area contributed by atoms with Crippen molar-refractivity contribution in [3.63, 3.8) is 0 Å². The van der Waals surface area contributed by atoms with E-state index >= 15 is 0 Å². The third-order valence-electron chi connectivity index (χ3n) is 3.20. The van der Waals surface area contributed by atoms with Gasteiger partial charge in [0.1, 0.15) is 5.60 Å². The van der Waals surface area contributed by atoms with Crippen LogP contribution >= 0.6 is 0 Å². The van der Waals surface area contributed by atoms with Gasteiger partial charge in [-0.05, 0) is 46.6 Å². The fraction of sp³-hybridized carbons (Fsp3) is 0.917. The zero-order valence-corrected chi connectivity index (χ0v) is 10.5. The summed E-state index contributed by atoms with van der Waals surface area (Å²) in [7, 11) is 0. The summed E-state index contributed by atoms with van der Waals surface area (Å²) in [6.45, 7) is 8.50. The van der Waals surface area contributed by atoms with Crippen molar-refractivity contribution in [2.75, 3.05) is 19.6 Å². The lowest BCUT2D eigenvalue weighted by molar-refractivity contribution is 0.0148. The number of nitrogens with zero attached hydrogens (tertiary/aromatic N) is 1. The molecule has 0 aromatic rings. The number of hydrogen-bond donors (Lipinski definition) is 1. The van der Waals surface area contributed by atoms with E-state index in [-0.39, 0.29) is 11.6 Å². The highest BCUT2D eigenvalue weighted by Gasteiger charge is 2.51. The first kappa shape index (κ1) is 11.7. The van der Waals surface area contributed by atoms with Gasteiger partial charge in [-0.3, -0.25) is 0 Å². The van der Waals surface area contributed by atoms with Gasteiger partial charge in [0.25, 0.3) is 0 Å².